The average molecular weight is 180 g/mol. The van der Waals surface area contributed by atoms with E-state index in [1.54, 1.807) is 11.1 Å². The van der Waals surface area contributed by atoms with Crippen molar-refractivity contribution in [1.29, 1.82) is 0 Å². The summed E-state index contributed by atoms with van der Waals surface area (Å²) in [5.74, 6) is 0. The predicted octanol–water partition coefficient (Wildman–Crippen LogP) is 1.72. The van der Waals surface area contributed by atoms with E-state index in [0.717, 1.165) is 0 Å². The molecule has 0 saturated heterocycles. The molecule has 2 heteroatoms. The molecule has 0 atom stereocenters. The van der Waals surface area contributed by atoms with Crippen LogP contribution in [0.2, 0.25) is 0 Å². The lowest BCUT2D eigenvalue weighted by molar-refractivity contribution is 0.883. The van der Waals surface area contributed by atoms with E-state index in [1.807, 2.05) is 0 Å². The summed E-state index contributed by atoms with van der Waals surface area (Å²) in [4.78, 5) is 0. The molecule has 0 unspecified atom stereocenters. The molecular formula is C11H20N2. The minimum atomic E-state index is 0.597. The van der Waals surface area contributed by atoms with Crippen molar-refractivity contribution in [3.63, 3.8) is 0 Å². The van der Waals surface area contributed by atoms with Crippen LogP contribution >= 0.6 is 0 Å². The predicted molar refractivity (Wildman–Crippen MR) is 57.4 cm³/mol. The van der Waals surface area contributed by atoms with Crippen LogP contribution in [0.4, 0.5) is 0 Å². The maximum atomic E-state index is 4.90. The van der Waals surface area contributed by atoms with Gasteiger partial charge in [-0.2, -0.15) is 0 Å². The van der Waals surface area contributed by atoms with E-state index >= 15 is 0 Å². The highest BCUT2D eigenvalue weighted by atomic mass is 14.6. The van der Waals surface area contributed by atoms with Gasteiger partial charge in [0.05, 0.1) is 0 Å². The maximum Gasteiger partial charge on any atom is 0.00461 e. The lowest BCUT2D eigenvalue weighted by Crippen LogP contribution is -2.11. The van der Waals surface area contributed by atoms with Crippen molar-refractivity contribution < 1.29 is 0 Å². The highest BCUT2D eigenvalue weighted by Crippen LogP contribution is 2.33. The quantitative estimate of drug-likeness (QED) is 0.604. The molecule has 0 aliphatic heterocycles. The van der Waals surface area contributed by atoms with Gasteiger partial charge in [-0.25, -0.2) is 0 Å². The number of nitrogens with two attached hydrogens (primary N) is 2. The first kappa shape index (κ1) is 10.5. The largest absolute Gasteiger partial charge is 0.329 e. The third-order valence-electron chi connectivity index (χ3n) is 2.52. The van der Waals surface area contributed by atoms with Crippen LogP contribution in [0.15, 0.2) is 23.3 Å². The molecule has 0 aromatic carbocycles. The molecule has 2 aliphatic carbocycles. The monoisotopic (exact) mass is 180 g/mol. The summed E-state index contributed by atoms with van der Waals surface area (Å²) in [5.41, 5.74) is 13.3. The van der Waals surface area contributed by atoms with Crippen molar-refractivity contribution in [2.45, 2.75) is 32.1 Å². The summed E-state index contributed by atoms with van der Waals surface area (Å²) in [6, 6.07) is 0. The second-order valence-corrected chi connectivity index (χ2v) is 3.52. The second kappa shape index (κ2) is 5.95. The van der Waals surface area contributed by atoms with E-state index in [1.165, 1.54) is 32.1 Å². The van der Waals surface area contributed by atoms with Crippen molar-refractivity contribution in [3.05, 3.63) is 23.3 Å². The molecule has 0 saturated carbocycles. The first-order chi connectivity index (χ1) is 6.38. The van der Waals surface area contributed by atoms with Gasteiger partial charge in [0.1, 0.15) is 0 Å². The van der Waals surface area contributed by atoms with Gasteiger partial charge in [0.15, 0.2) is 0 Å². The Bertz CT molecular complexity index is 184. The minimum absolute atomic E-state index is 0.597. The molecule has 0 radical (unpaired) electrons. The summed E-state index contributed by atoms with van der Waals surface area (Å²) in [5, 5.41) is 0. The Labute approximate surface area is 80.7 Å². The molecule has 2 nitrogen and oxygen atoms in total. The molecule has 13 heavy (non-hydrogen) atoms. The van der Waals surface area contributed by atoms with Crippen molar-refractivity contribution in [3.8, 4) is 0 Å². The van der Waals surface area contributed by atoms with Gasteiger partial charge in [-0.3, -0.25) is 0 Å². The van der Waals surface area contributed by atoms with Crippen LogP contribution in [0.5, 0.6) is 0 Å². The molecule has 0 heterocycles. The smallest absolute Gasteiger partial charge is 0.00461 e. The first-order valence-corrected chi connectivity index (χ1v) is 5.13. The fourth-order valence-corrected chi connectivity index (χ4v) is 1.81. The fraction of sp³-hybridized carbons (Fsp3) is 0.636. The van der Waals surface area contributed by atoms with Crippen LogP contribution < -0.4 is 11.5 Å². The Morgan fingerprint density at radius 2 is 1.38 bits per heavy atom. The molecule has 0 fully saturated rings. The van der Waals surface area contributed by atoms with Gasteiger partial charge in [0, 0.05) is 13.1 Å². The number of rotatable bonds is 1. The topological polar surface area (TPSA) is 52.0 Å². The van der Waals surface area contributed by atoms with Gasteiger partial charge < -0.3 is 11.5 Å². The third-order valence-corrected chi connectivity index (χ3v) is 2.52. The first-order valence-electron chi connectivity index (χ1n) is 5.13. The van der Waals surface area contributed by atoms with Crippen LogP contribution in [0.3, 0.4) is 0 Å². The van der Waals surface area contributed by atoms with Gasteiger partial charge >= 0.3 is 0 Å². The van der Waals surface area contributed by atoms with E-state index < -0.39 is 0 Å². The van der Waals surface area contributed by atoms with E-state index in [2.05, 4.69) is 12.2 Å². The molecule has 2 aliphatic rings. The second-order valence-electron chi connectivity index (χ2n) is 3.52. The molecule has 0 aromatic heterocycles. The summed E-state index contributed by atoms with van der Waals surface area (Å²) in [6.07, 6.45) is 11.3. The minimum Gasteiger partial charge on any atom is -0.329 e. The van der Waals surface area contributed by atoms with Gasteiger partial charge in [-0.15, -0.1) is 0 Å². The lowest BCUT2D eigenvalue weighted by atomic mass is 10.0. The van der Waals surface area contributed by atoms with E-state index in [0.29, 0.717) is 13.1 Å². The Morgan fingerprint density at radius 3 is 1.77 bits per heavy atom. The Kier molecular flexibility index (Phi) is 4.79. The molecule has 0 aromatic rings. The lowest BCUT2D eigenvalue weighted by Gasteiger charge is -2.06. The molecule has 0 spiro atoms. The molecule has 0 bridgehead atoms. The van der Waals surface area contributed by atoms with Crippen molar-refractivity contribution >= 4 is 0 Å². The normalized spacial score (nSPS) is 19.5. The maximum absolute atomic E-state index is 4.90. The fourth-order valence-electron chi connectivity index (χ4n) is 1.81. The van der Waals surface area contributed by atoms with Crippen LogP contribution in [-0.4, -0.2) is 13.1 Å². The third kappa shape index (κ3) is 3.33. The van der Waals surface area contributed by atoms with Crippen molar-refractivity contribution in [2.24, 2.45) is 11.5 Å². The zero-order chi connectivity index (χ0) is 9.52. The number of hydrogen-bond acceptors (Lipinski definition) is 2. The van der Waals surface area contributed by atoms with E-state index in [4.69, 9.17) is 11.5 Å². The molecule has 2 rings (SSSR count). The highest BCUT2D eigenvalue weighted by molar-refractivity contribution is 5.27. The van der Waals surface area contributed by atoms with Crippen molar-refractivity contribution in [1.82, 2.24) is 0 Å². The van der Waals surface area contributed by atoms with Gasteiger partial charge in [-0.05, 0) is 32.1 Å². The summed E-state index contributed by atoms with van der Waals surface area (Å²) >= 11 is 0. The van der Waals surface area contributed by atoms with E-state index in [9.17, 15) is 0 Å². The molecule has 4 N–H and O–H groups in total. The average Bonchev–Trinajstić information content (AvgIpc) is 2.66. The summed E-state index contributed by atoms with van der Waals surface area (Å²) < 4.78 is 0. The zero-order valence-electron chi connectivity index (χ0n) is 8.26. The Balaban J connectivity index is 0.000000184. The van der Waals surface area contributed by atoms with Crippen LogP contribution in [0.1, 0.15) is 32.1 Å². The Hall–Kier alpha value is -0.600. The van der Waals surface area contributed by atoms with E-state index in [-0.39, 0.29) is 0 Å². The molecule has 74 valence electrons. The van der Waals surface area contributed by atoms with Gasteiger partial charge in [0.2, 0.25) is 0 Å². The number of hydrogen-bond donors (Lipinski definition) is 2. The van der Waals surface area contributed by atoms with Crippen LogP contribution in [0.25, 0.3) is 0 Å². The molecular weight excluding hydrogens is 160 g/mol. The van der Waals surface area contributed by atoms with Gasteiger partial charge in [0.25, 0.3) is 0 Å². The van der Waals surface area contributed by atoms with Crippen molar-refractivity contribution in [2.75, 3.05) is 13.1 Å². The summed E-state index contributed by atoms with van der Waals surface area (Å²) in [7, 11) is 0. The Morgan fingerprint density at radius 1 is 0.923 bits per heavy atom. The molecule has 0 amide bonds. The summed E-state index contributed by atoms with van der Waals surface area (Å²) in [6.45, 7) is 1.19. The zero-order valence-corrected chi connectivity index (χ0v) is 8.26. The van der Waals surface area contributed by atoms with Crippen LogP contribution in [0, 0.1) is 0 Å². The van der Waals surface area contributed by atoms with Crippen LogP contribution in [-0.2, 0) is 0 Å². The van der Waals surface area contributed by atoms with Gasteiger partial charge in [-0.1, -0.05) is 23.3 Å². The highest BCUT2D eigenvalue weighted by Gasteiger charge is 2.13. The number of allylic oxidation sites excluding steroid dienone is 4. The standard InChI is InChI=1S/C9H12.C2H8N2/c1-2-5-9-7-3-6-8(9)4-1;3-1-2-4/h1-2H,3-7H2;1-4H2. The SMILES string of the molecule is C1=CCC2=C(C1)CCC2.NCCN.